The van der Waals surface area contributed by atoms with E-state index in [2.05, 4.69) is 0 Å². The number of rotatable bonds is 6. The summed E-state index contributed by atoms with van der Waals surface area (Å²) in [5.74, 6) is 1.30. The summed E-state index contributed by atoms with van der Waals surface area (Å²) in [6, 6.07) is 12.3. The molecule has 2 N–H and O–H groups in total. The molecule has 0 aromatic heterocycles. The average Bonchev–Trinajstić information content (AvgIpc) is 2.53. The van der Waals surface area contributed by atoms with Crippen molar-refractivity contribution in [2.24, 2.45) is 5.73 Å². The van der Waals surface area contributed by atoms with Crippen LogP contribution >= 0.6 is 0 Å². The average molecular weight is 289 g/mol. The highest BCUT2D eigenvalue weighted by molar-refractivity contribution is 5.43. The maximum Gasteiger partial charge on any atom is 0.123 e. The minimum absolute atomic E-state index is 0.0830. The van der Waals surface area contributed by atoms with Crippen molar-refractivity contribution in [3.63, 3.8) is 0 Å². The summed E-state index contributed by atoms with van der Waals surface area (Å²) in [6.07, 6.45) is 0.766. The Morgan fingerprint density at radius 2 is 1.52 bits per heavy atom. The van der Waals surface area contributed by atoms with E-state index in [1.807, 2.05) is 18.2 Å². The summed E-state index contributed by atoms with van der Waals surface area (Å²) < 4.78 is 23.7. The van der Waals surface area contributed by atoms with E-state index in [9.17, 15) is 4.39 Å². The van der Waals surface area contributed by atoms with Crippen molar-refractivity contribution >= 4 is 0 Å². The van der Waals surface area contributed by atoms with Crippen molar-refractivity contribution in [2.75, 3.05) is 20.8 Å². The molecule has 0 heterocycles. The molecule has 0 saturated heterocycles. The summed E-state index contributed by atoms with van der Waals surface area (Å²) >= 11 is 0. The lowest BCUT2D eigenvalue weighted by atomic mass is 9.88. The van der Waals surface area contributed by atoms with Gasteiger partial charge in [-0.3, -0.25) is 0 Å². The number of hydrogen-bond acceptors (Lipinski definition) is 3. The van der Waals surface area contributed by atoms with Crippen LogP contribution in [0, 0.1) is 5.82 Å². The first kappa shape index (κ1) is 15.3. The Labute approximate surface area is 124 Å². The van der Waals surface area contributed by atoms with Crippen molar-refractivity contribution in [2.45, 2.75) is 12.3 Å². The molecule has 0 aliphatic heterocycles. The fourth-order valence-electron chi connectivity index (χ4n) is 2.42. The van der Waals surface area contributed by atoms with Crippen LogP contribution in [0.1, 0.15) is 23.5 Å². The molecule has 2 rings (SSSR count). The molecule has 0 bridgehead atoms. The molecule has 2 aromatic rings. The van der Waals surface area contributed by atoms with E-state index < -0.39 is 0 Å². The Kier molecular flexibility index (Phi) is 5.17. The molecule has 2 aromatic carbocycles. The third-order valence-corrected chi connectivity index (χ3v) is 3.50. The summed E-state index contributed by atoms with van der Waals surface area (Å²) in [7, 11) is 3.24. The van der Waals surface area contributed by atoms with Gasteiger partial charge in [-0.15, -0.1) is 0 Å². The van der Waals surface area contributed by atoms with Crippen LogP contribution in [0.2, 0.25) is 0 Å². The third kappa shape index (κ3) is 3.73. The zero-order chi connectivity index (χ0) is 15.2. The van der Waals surface area contributed by atoms with Crippen molar-refractivity contribution in [3.05, 3.63) is 59.4 Å². The Morgan fingerprint density at radius 1 is 0.952 bits per heavy atom. The first-order valence-electron chi connectivity index (χ1n) is 6.86. The lowest BCUT2D eigenvalue weighted by molar-refractivity contribution is 0.393. The molecular weight excluding hydrogens is 269 g/mol. The van der Waals surface area contributed by atoms with Crippen LogP contribution in [0.5, 0.6) is 11.5 Å². The normalized spacial score (nSPS) is 12.0. The summed E-state index contributed by atoms with van der Waals surface area (Å²) in [6.45, 7) is 0.543. The second kappa shape index (κ2) is 7.09. The Hall–Kier alpha value is -2.07. The van der Waals surface area contributed by atoms with Crippen molar-refractivity contribution < 1.29 is 13.9 Å². The molecule has 0 aliphatic carbocycles. The van der Waals surface area contributed by atoms with E-state index in [0.717, 1.165) is 29.0 Å². The van der Waals surface area contributed by atoms with Gasteiger partial charge in [0.05, 0.1) is 14.2 Å². The Morgan fingerprint density at radius 3 is 2.00 bits per heavy atom. The van der Waals surface area contributed by atoms with Gasteiger partial charge in [0.2, 0.25) is 0 Å². The lowest BCUT2D eigenvalue weighted by Crippen LogP contribution is -2.09. The first-order chi connectivity index (χ1) is 10.2. The van der Waals surface area contributed by atoms with Crippen molar-refractivity contribution in [1.82, 2.24) is 0 Å². The number of methoxy groups -OCH3 is 2. The lowest BCUT2D eigenvalue weighted by Gasteiger charge is -2.19. The molecule has 3 nitrogen and oxygen atoms in total. The second-order valence-electron chi connectivity index (χ2n) is 4.83. The number of nitrogens with two attached hydrogens (primary N) is 1. The highest BCUT2D eigenvalue weighted by Crippen LogP contribution is 2.33. The molecule has 0 radical (unpaired) electrons. The summed E-state index contributed by atoms with van der Waals surface area (Å²) in [4.78, 5) is 0. The minimum atomic E-state index is -0.242. The van der Waals surface area contributed by atoms with E-state index in [1.165, 1.54) is 12.1 Å². The van der Waals surface area contributed by atoms with Gasteiger partial charge in [0.1, 0.15) is 17.3 Å². The summed E-state index contributed by atoms with van der Waals surface area (Å²) in [5.41, 5.74) is 7.81. The molecule has 4 heteroatoms. The van der Waals surface area contributed by atoms with Crippen molar-refractivity contribution in [1.29, 1.82) is 0 Å². The Bertz CT molecular complexity index is 562. The van der Waals surface area contributed by atoms with E-state index in [-0.39, 0.29) is 11.7 Å². The molecule has 1 unspecified atom stereocenters. The zero-order valence-corrected chi connectivity index (χ0v) is 12.3. The topological polar surface area (TPSA) is 44.5 Å². The maximum absolute atomic E-state index is 13.1. The second-order valence-corrected chi connectivity index (χ2v) is 4.83. The number of benzene rings is 2. The number of ether oxygens (including phenoxy) is 2. The van der Waals surface area contributed by atoms with E-state index in [1.54, 1.807) is 26.4 Å². The number of halogens is 1. The van der Waals surface area contributed by atoms with Gasteiger partial charge >= 0.3 is 0 Å². The van der Waals surface area contributed by atoms with Gasteiger partial charge in [-0.25, -0.2) is 4.39 Å². The third-order valence-electron chi connectivity index (χ3n) is 3.50. The largest absolute Gasteiger partial charge is 0.497 e. The van der Waals surface area contributed by atoms with Gasteiger partial charge < -0.3 is 15.2 Å². The minimum Gasteiger partial charge on any atom is -0.497 e. The molecule has 112 valence electrons. The number of hydrogen-bond donors (Lipinski definition) is 1. The standard InChI is InChI=1S/C17H20FNO2/c1-20-15-9-13(10-16(11-15)21-2)17(7-8-19)12-3-5-14(18)6-4-12/h3-6,9-11,17H,7-8,19H2,1-2H3. The van der Waals surface area contributed by atoms with Gasteiger partial charge in [0.15, 0.2) is 0 Å². The van der Waals surface area contributed by atoms with E-state index in [4.69, 9.17) is 15.2 Å². The van der Waals surface area contributed by atoms with Crippen LogP contribution in [0.3, 0.4) is 0 Å². The SMILES string of the molecule is COc1cc(OC)cc(C(CCN)c2ccc(F)cc2)c1. The van der Waals surface area contributed by atoms with Crippen LogP contribution < -0.4 is 15.2 Å². The van der Waals surface area contributed by atoms with Gasteiger partial charge in [-0.05, 0) is 48.4 Å². The zero-order valence-electron chi connectivity index (χ0n) is 12.3. The van der Waals surface area contributed by atoms with Crippen molar-refractivity contribution in [3.8, 4) is 11.5 Å². The van der Waals surface area contributed by atoms with E-state index in [0.29, 0.717) is 6.54 Å². The Balaban J connectivity index is 2.44. The molecule has 0 amide bonds. The van der Waals surface area contributed by atoms with Gasteiger partial charge in [0.25, 0.3) is 0 Å². The molecule has 1 atom stereocenters. The molecule has 0 saturated carbocycles. The van der Waals surface area contributed by atoms with Gasteiger partial charge in [-0.2, -0.15) is 0 Å². The van der Waals surface area contributed by atoms with Crippen LogP contribution in [0.15, 0.2) is 42.5 Å². The fourth-order valence-corrected chi connectivity index (χ4v) is 2.42. The molecule has 21 heavy (non-hydrogen) atoms. The van der Waals surface area contributed by atoms with Crippen LogP contribution in [0.4, 0.5) is 4.39 Å². The predicted octanol–water partition coefficient (Wildman–Crippen LogP) is 3.32. The summed E-state index contributed by atoms with van der Waals surface area (Å²) in [5, 5.41) is 0. The highest BCUT2D eigenvalue weighted by atomic mass is 19.1. The van der Waals surface area contributed by atoms with Gasteiger partial charge in [-0.1, -0.05) is 12.1 Å². The smallest absolute Gasteiger partial charge is 0.123 e. The van der Waals surface area contributed by atoms with Crippen LogP contribution in [-0.4, -0.2) is 20.8 Å². The molecule has 0 fully saturated rings. The highest BCUT2D eigenvalue weighted by Gasteiger charge is 2.16. The van der Waals surface area contributed by atoms with Crippen LogP contribution in [0.25, 0.3) is 0 Å². The molecule has 0 aliphatic rings. The quantitative estimate of drug-likeness (QED) is 0.887. The molecular formula is C17H20FNO2. The predicted molar refractivity (Wildman–Crippen MR) is 81.5 cm³/mol. The van der Waals surface area contributed by atoms with Crippen LogP contribution in [-0.2, 0) is 0 Å². The fraction of sp³-hybridized carbons (Fsp3) is 0.294. The van der Waals surface area contributed by atoms with Gasteiger partial charge in [0, 0.05) is 12.0 Å². The molecule has 0 spiro atoms. The van der Waals surface area contributed by atoms with E-state index >= 15 is 0 Å². The maximum atomic E-state index is 13.1. The monoisotopic (exact) mass is 289 g/mol. The first-order valence-corrected chi connectivity index (χ1v) is 6.86.